The predicted octanol–water partition coefficient (Wildman–Crippen LogP) is 1.84. The number of ether oxygens (including phenoxy) is 1. The van der Waals surface area contributed by atoms with Crippen molar-refractivity contribution >= 4 is 5.97 Å². The van der Waals surface area contributed by atoms with Gasteiger partial charge in [0.2, 0.25) is 0 Å². The van der Waals surface area contributed by atoms with Gasteiger partial charge in [0.25, 0.3) is 0 Å². The molecule has 1 aromatic rings. The van der Waals surface area contributed by atoms with Gasteiger partial charge in [-0.1, -0.05) is 19.1 Å². The van der Waals surface area contributed by atoms with Crippen molar-refractivity contribution in [3.63, 3.8) is 0 Å². The number of carbonyl (C=O) groups is 1. The maximum Gasteiger partial charge on any atom is 0.339 e. The second-order valence-corrected chi connectivity index (χ2v) is 3.65. The number of benzene rings is 1. The van der Waals surface area contributed by atoms with Crippen LogP contribution >= 0.6 is 0 Å². The van der Waals surface area contributed by atoms with E-state index in [0.29, 0.717) is 12.0 Å². The van der Waals surface area contributed by atoms with E-state index in [1.807, 2.05) is 19.1 Å². The number of cyclic esters (lactones) is 1. The molecule has 1 atom stereocenters. The minimum Gasteiger partial charge on any atom is -0.454 e. The zero-order valence-corrected chi connectivity index (χ0v) is 8.69. The van der Waals surface area contributed by atoms with Gasteiger partial charge in [-0.05, 0) is 24.5 Å². The topological polar surface area (TPSA) is 46.5 Å². The third-order valence-corrected chi connectivity index (χ3v) is 2.74. The zero-order valence-electron chi connectivity index (χ0n) is 8.69. The molecule has 1 unspecified atom stereocenters. The molecule has 2 rings (SSSR count). The Morgan fingerprint density at radius 2 is 2.27 bits per heavy atom. The van der Waals surface area contributed by atoms with Gasteiger partial charge in [-0.25, -0.2) is 4.79 Å². The fourth-order valence-corrected chi connectivity index (χ4v) is 2.05. The minimum absolute atomic E-state index is 0.0983. The van der Waals surface area contributed by atoms with Crippen molar-refractivity contribution in [3.05, 3.63) is 34.9 Å². The molecule has 0 fully saturated rings. The molecule has 0 aromatic heterocycles. The number of carbonyl (C=O) groups excluding carboxylic acids is 1. The van der Waals surface area contributed by atoms with Crippen LogP contribution in [-0.4, -0.2) is 17.7 Å². The van der Waals surface area contributed by atoms with Crippen LogP contribution in [0.1, 0.15) is 40.9 Å². The van der Waals surface area contributed by atoms with Gasteiger partial charge in [0.1, 0.15) is 6.10 Å². The van der Waals surface area contributed by atoms with Crippen molar-refractivity contribution in [2.45, 2.75) is 25.9 Å². The molecule has 0 radical (unpaired) electrons. The van der Waals surface area contributed by atoms with Crippen LogP contribution in [0.4, 0.5) is 0 Å². The van der Waals surface area contributed by atoms with Gasteiger partial charge in [0, 0.05) is 12.2 Å². The molecule has 0 saturated heterocycles. The highest BCUT2D eigenvalue weighted by Crippen LogP contribution is 2.35. The number of aliphatic hydroxyl groups is 1. The fraction of sp³-hybridized carbons (Fsp3) is 0.417. The van der Waals surface area contributed by atoms with Gasteiger partial charge in [0.05, 0.1) is 5.56 Å². The molecule has 1 aliphatic heterocycles. The van der Waals surface area contributed by atoms with E-state index < -0.39 is 0 Å². The summed E-state index contributed by atoms with van der Waals surface area (Å²) in [6.45, 7) is 2.09. The molecule has 3 heteroatoms. The lowest BCUT2D eigenvalue weighted by atomic mass is 9.95. The lowest BCUT2D eigenvalue weighted by Gasteiger charge is -2.11. The molecule has 0 amide bonds. The summed E-state index contributed by atoms with van der Waals surface area (Å²) in [4.78, 5) is 11.5. The first kappa shape index (κ1) is 10.2. The molecule has 1 heterocycles. The standard InChI is InChI=1S/C12H14O3/c1-2-10-11-8(6-7-13)4-3-5-9(11)12(14)15-10/h3-5,10,13H,2,6-7H2,1H3. The smallest absolute Gasteiger partial charge is 0.339 e. The number of esters is 1. The van der Waals surface area contributed by atoms with Gasteiger partial charge in [-0.15, -0.1) is 0 Å². The average Bonchev–Trinajstić information content (AvgIpc) is 2.58. The first-order valence-corrected chi connectivity index (χ1v) is 5.21. The van der Waals surface area contributed by atoms with Crippen LogP contribution in [0.15, 0.2) is 18.2 Å². The van der Waals surface area contributed by atoms with Gasteiger partial charge >= 0.3 is 5.97 Å². The second-order valence-electron chi connectivity index (χ2n) is 3.65. The number of hydrogen-bond acceptors (Lipinski definition) is 3. The molecule has 3 nitrogen and oxygen atoms in total. The molecule has 80 valence electrons. The van der Waals surface area contributed by atoms with Gasteiger partial charge < -0.3 is 9.84 Å². The van der Waals surface area contributed by atoms with E-state index in [9.17, 15) is 4.79 Å². The van der Waals surface area contributed by atoms with E-state index >= 15 is 0 Å². The van der Waals surface area contributed by atoms with Crippen LogP contribution in [0, 0.1) is 0 Å². The highest BCUT2D eigenvalue weighted by atomic mass is 16.5. The Morgan fingerprint density at radius 3 is 2.93 bits per heavy atom. The highest BCUT2D eigenvalue weighted by molar-refractivity contribution is 5.94. The Hall–Kier alpha value is -1.35. The summed E-state index contributed by atoms with van der Waals surface area (Å²) in [6.07, 6.45) is 1.23. The Balaban J connectivity index is 2.48. The van der Waals surface area contributed by atoms with Gasteiger partial charge in [-0.2, -0.15) is 0 Å². The van der Waals surface area contributed by atoms with Crippen molar-refractivity contribution < 1.29 is 14.6 Å². The van der Waals surface area contributed by atoms with Crippen molar-refractivity contribution in [1.82, 2.24) is 0 Å². The molecule has 0 spiro atoms. The molecule has 1 aliphatic rings. The molecule has 0 saturated carbocycles. The second kappa shape index (κ2) is 4.03. The number of hydrogen-bond donors (Lipinski definition) is 1. The van der Waals surface area contributed by atoms with Crippen molar-refractivity contribution in [2.75, 3.05) is 6.61 Å². The molecule has 0 bridgehead atoms. The summed E-state index contributed by atoms with van der Waals surface area (Å²) in [5, 5.41) is 8.95. The Kier molecular flexibility index (Phi) is 2.73. The quantitative estimate of drug-likeness (QED) is 0.767. The van der Waals surface area contributed by atoms with Crippen molar-refractivity contribution in [3.8, 4) is 0 Å². The van der Waals surface area contributed by atoms with Crippen LogP contribution < -0.4 is 0 Å². The summed E-state index contributed by atoms with van der Waals surface area (Å²) < 4.78 is 5.25. The molecule has 15 heavy (non-hydrogen) atoms. The molecule has 1 N–H and O–H groups in total. The Bertz CT molecular complexity index is 384. The Labute approximate surface area is 88.7 Å². The predicted molar refractivity (Wildman–Crippen MR) is 55.7 cm³/mol. The average molecular weight is 206 g/mol. The largest absolute Gasteiger partial charge is 0.454 e. The summed E-state index contributed by atoms with van der Waals surface area (Å²) in [5.74, 6) is -0.239. The van der Waals surface area contributed by atoms with Crippen LogP contribution in [0.5, 0.6) is 0 Å². The van der Waals surface area contributed by atoms with Gasteiger partial charge in [0.15, 0.2) is 0 Å². The van der Waals surface area contributed by atoms with Crippen LogP contribution in [0.25, 0.3) is 0 Å². The maximum atomic E-state index is 11.5. The monoisotopic (exact) mass is 206 g/mol. The summed E-state index contributed by atoms with van der Waals surface area (Å²) in [7, 11) is 0. The minimum atomic E-state index is -0.239. The summed E-state index contributed by atoms with van der Waals surface area (Å²) in [5.41, 5.74) is 2.65. The molecular formula is C12H14O3. The third-order valence-electron chi connectivity index (χ3n) is 2.74. The normalized spacial score (nSPS) is 18.8. The van der Waals surface area contributed by atoms with E-state index in [1.165, 1.54) is 0 Å². The van der Waals surface area contributed by atoms with E-state index in [4.69, 9.17) is 9.84 Å². The fourth-order valence-electron chi connectivity index (χ4n) is 2.05. The number of rotatable bonds is 3. The van der Waals surface area contributed by atoms with E-state index in [-0.39, 0.29) is 18.7 Å². The summed E-state index contributed by atoms with van der Waals surface area (Å²) in [6, 6.07) is 5.57. The number of fused-ring (bicyclic) bond motifs is 1. The SMILES string of the molecule is CCC1OC(=O)c2cccc(CCO)c21. The third kappa shape index (κ3) is 1.63. The maximum absolute atomic E-state index is 11.5. The van der Waals surface area contributed by atoms with Gasteiger partial charge in [-0.3, -0.25) is 0 Å². The van der Waals surface area contributed by atoms with Crippen LogP contribution in [-0.2, 0) is 11.2 Å². The van der Waals surface area contributed by atoms with Crippen LogP contribution in [0.3, 0.4) is 0 Å². The Morgan fingerprint density at radius 1 is 1.47 bits per heavy atom. The van der Waals surface area contributed by atoms with Crippen molar-refractivity contribution in [2.24, 2.45) is 0 Å². The molecule has 1 aromatic carbocycles. The lowest BCUT2D eigenvalue weighted by molar-refractivity contribution is 0.0377. The zero-order chi connectivity index (χ0) is 10.8. The summed E-state index contributed by atoms with van der Waals surface area (Å²) >= 11 is 0. The van der Waals surface area contributed by atoms with Crippen molar-refractivity contribution in [1.29, 1.82) is 0 Å². The van der Waals surface area contributed by atoms with E-state index in [1.54, 1.807) is 6.07 Å². The lowest BCUT2D eigenvalue weighted by Crippen LogP contribution is -2.01. The molecule has 0 aliphatic carbocycles. The van der Waals surface area contributed by atoms with Crippen LogP contribution in [0.2, 0.25) is 0 Å². The first-order valence-electron chi connectivity index (χ1n) is 5.21. The van der Waals surface area contributed by atoms with E-state index in [2.05, 4.69) is 0 Å². The highest BCUT2D eigenvalue weighted by Gasteiger charge is 2.31. The van der Waals surface area contributed by atoms with E-state index in [0.717, 1.165) is 17.5 Å². The first-order chi connectivity index (χ1) is 7.27. The number of aliphatic hydroxyl groups excluding tert-OH is 1. The molecular weight excluding hydrogens is 192 g/mol.